The summed E-state index contributed by atoms with van der Waals surface area (Å²) in [5.74, 6) is 0.466. The first-order valence-electron chi connectivity index (χ1n) is 9.65. The Balaban J connectivity index is 1.46. The summed E-state index contributed by atoms with van der Waals surface area (Å²) in [5, 5.41) is 7.68. The van der Waals surface area contributed by atoms with Gasteiger partial charge in [0.2, 0.25) is 5.91 Å². The second-order valence-electron chi connectivity index (χ2n) is 8.15. The number of rotatable bonds is 4. The van der Waals surface area contributed by atoms with E-state index in [4.69, 9.17) is 0 Å². The van der Waals surface area contributed by atoms with Crippen molar-refractivity contribution in [3.8, 4) is 0 Å². The number of nitrogens with one attached hydrogen (secondary N) is 2. The van der Waals surface area contributed by atoms with Crippen molar-refractivity contribution in [2.75, 3.05) is 0 Å². The van der Waals surface area contributed by atoms with Crippen LogP contribution in [0, 0.1) is 0 Å². The molecule has 2 N–H and O–H groups in total. The van der Waals surface area contributed by atoms with Crippen LogP contribution in [0.25, 0.3) is 11.0 Å². The molecule has 3 aromatic rings. The maximum absolute atomic E-state index is 12.6. The Hall–Kier alpha value is -2.96. The van der Waals surface area contributed by atoms with E-state index in [0.29, 0.717) is 23.3 Å². The fraction of sp³-hybridized carbons (Fsp3) is 0.429. The van der Waals surface area contributed by atoms with Gasteiger partial charge in [0.1, 0.15) is 11.2 Å². The van der Waals surface area contributed by atoms with Crippen LogP contribution in [0.5, 0.6) is 0 Å². The highest BCUT2D eigenvalue weighted by atomic mass is 16.1. The van der Waals surface area contributed by atoms with E-state index in [2.05, 4.69) is 52.4 Å². The molecule has 28 heavy (non-hydrogen) atoms. The summed E-state index contributed by atoms with van der Waals surface area (Å²) in [6.45, 7) is 4.50. The number of benzene rings is 1. The Kier molecular flexibility index (Phi) is 4.53. The predicted octanol–water partition coefficient (Wildman–Crippen LogP) is 2.52. The molecule has 1 aromatic carbocycles. The topological polar surface area (TPSA) is 92.7 Å². The highest BCUT2D eigenvalue weighted by Crippen LogP contribution is 2.41. The molecule has 0 radical (unpaired) electrons. The van der Waals surface area contributed by atoms with Crippen molar-refractivity contribution in [3.63, 3.8) is 0 Å². The van der Waals surface area contributed by atoms with Crippen LogP contribution >= 0.6 is 0 Å². The summed E-state index contributed by atoms with van der Waals surface area (Å²) in [5.41, 5.74) is 2.94. The second kappa shape index (κ2) is 6.89. The normalized spacial score (nSPS) is 18.0. The van der Waals surface area contributed by atoms with Crippen LogP contribution in [0.1, 0.15) is 56.1 Å². The first kappa shape index (κ1) is 18.4. The molecule has 2 heterocycles. The number of amides is 1. The van der Waals surface area contributed by atoms with E-state index in [9.17, 15) is 9.59 Å². The number of nitrogens with zero attached hydrogens (tertiary/aromatic N) is 3. The molecule has 7 nitrogen and oxygen atoms in total. The summed E-state index contributed by atoms with van der Waals surface area (Å²) in [6, 6.07) is 8.38. The number of hydrogen-bond acceptors (Lipinski definition) is 4. The van der Waals surface area contributed by atoms with Crippen molar-refractivity contribution in [2.24, 2.45) is 7.05 Å². The summed E-state index contributed by atoms with van der Waals surface area (Å²) < 4.78 is 1.56. The van der Waals surface area contributed by atoms with Gasteiger partial charge in [0, 0.05) is 19.9 Å². The number of H-pyrrole nitrogens is 1. The molecule has 1 atom stereocenters. The van der Waals surface area contributed by atoms with Gasteiger partial charge in [-0.15, -0.1) is 0 Å². The van der Waals surface area contributed by atoms with E-state index in [1.54, 1.807) is 11.7 Å². The summed E-state index contributed by atoms with van der Waals surface area (Å²) >= 11 is 0. The Morgan fingerprint density at radius 1 is 1.36 bits per heavy atom. The maximum atomic E-state index is 12.6. The molecule has 0 saturated carbocycles. The SMILES string of the molecule is Cn1ncc2c(=O)[nH]c(CCC(=O)NC3CCC(C)(C)c4ccccc43)nc21. The standard InChI is InChI=1S/C21H25N5O2/c1-21(2)11-10-16(13-6-4-5-7-15(13)21)23-18(27)9-8-17-24-19-14(20(28)25-17)12-22-26(19)3/h4-7,12,16H,8-11H2,1-3H3,(H,23,27)(H,24,25,28). The van der Waals surface area contributed by atoms with Gasteiger partial charge >= 0.3 is 0 Å². The zero-order valence-electron chi connectivity index (χ0n) is 16.5. The Bertz CT molecular complexity index is 1100. The summed E-state index contributed by atoms with van der Waals surface area (Å²) in [7, 11) is 1.74. The number of carbonyl (C=O) groups excluding carboxylic acids is 1. The molecular formula is C21H25N5O2. The Morgan fingerprint density at radius 3 is 2.96 bits per heavy atom. The summed E-state index contributed by atoms with van der Waals surface area (Å²) in [6.07, 6.45) is 4.10. The molecule has 1 aliphatic carbocycles. The molecule has 1 amide bonds. The van der Waals surface area contributed by atoms with Gasteiger partial charge in [0.15, 0.2) is 5.65 Å². The monoisotopic (exact) mass is 379 g/mol. The van der Waals surface area contributed by atoms with Crippen LogP contribution in [0.3, 0.4) is 0 Å². The van der Waals surface area contributed by atoms with Gasteiger partial charge < -0.3 is 10.3 Å². The van der Waals surface area contributed by atoms with Gasteiger partial charge in [-0.2, -0.15) is 5.10 Å². The second-order valence-corrected chi connectivity index (χ2v) is 8.15. The summed E-state index contributed by atoms with van der Waals surface area (Å²) in [4.78, 5) is 31.9. The number of aryl methyl sites for hydroxylation is 2. The van der Waals surface area contributed by atoms with E-state index in [-0.39, 0.29) is 29.3 Å². The van der Waals surface area contributed by atoms with Crippen molar-refractivity contribution in [1.82, 2.24) is 25.1 Å². The lowest BCUT2D eigenvalue weighted by atomic mass is 9.71. The van der Waals surface area contributed by atoms with E-state index in [1.165, 1.54) is 17.3 Å². The van der Waals surface area contributed by atoms with Crippen molar-refractivity contribution in [1.29, 1.82) is 0 Å². The van der Waals surface area contributed by atoms with Crippen LogP contribution < -0.4 is 10.9 Å². The molecule has 7 heteroatoms. The quantitative estimate of drug-likeness (QED) is 0.728. The van der Waals surface area contributed by atoms with E-state index in [0.717, 1.165) is 12.8 Å². The maximum Gasteiger partial charge on any atom is 0.262 e. The van der Waals surface area contributed by atoms with Gasteiger partial charge in [0.05, 0.1) is 12.2 Å². The lowest BCUT2D eigenvalue weighted by Gasteiger charge is -2.37. The average molecular weight is 379 g/mol. The van der Waals surface area contributed by atoms with Gasteiger partial charge in [-0.3, -0.25) is 14.3 Å². The molecular weight excluding hydrogens is 354 g/mol. The third-order valence-electron chi connectivity index (χ3n) is 5.70. The fourth-order valence-electron chi connectivity index (χ4n) is 4.06. The lowest BCUT2D eigenvalue weighted by molar-refractivity contribution is -0.122. The number of hydrogen-bond donors (Lipinski definition) is 2. The lowest BCUT2D eigenvalue weighted by Crippen LogP contribution is -2.35. The molecule has 0 spiro atoms. The molecule has 0 fully saturated rings. The molecule has 1 aliphatic rings. The smallest absolute Gasteiger partial charge is 0.262 e. The molecule has 146 valence electrons. The minimum atomic E-state index is -0.225. The minimum Gasteiger partial charge on any atom is -0.349 e. The van der Waals surface area contributed by atoms with Crippen LogP contribution in [0.15, 0.2) is 35.3 Å². The predicted molar refractivity (Wildman–Crippen MR) is 107 cm³/mol. The van der Waals surface area contributed by atoms with Crippen molar-refractivity contribution >= 4 is 16.9 Å². The third-order valence-corrected chi connectivity index (χ3v) is 5.70. The number of fused-ring (bicyclic) bond motifs is 2. The molecule has 2 aromatic heterocycles. The van der Waals surface area contributed by atoms with Gasteiger partial charge in [-0.25, -0.2) is 4.98 Å². The zero-order chi connectivity index (χ0) is 19.9. The third kappa shape index (κ3) is 3.32. The molecule has 4 rings (SSSR count). The molecule has 0 aliphatic heterocycles. The van der Waals surface area contributed by atoms with Gasteiger partial charge in [-0.1, -0.05) is 38.1 Å². The Morgan fingerprint density at radius 2 is 2.14 bits per heavy atom. The first-order valence-corrected chi connectivity index (χ1v) is 9.65. The van der Waals surface area contributed by atoms with Crippen molar-refractivity contribution in [2.45, 2.75) is 51.0 Å². The van der Waals surface area contributed by atoms with Crippen LogP contribution in [-0.2, 0) is 23.7 Å². The van der Waals surface area contributed by atoms with E-state index in [1.807, 2.05) is 6.07 Å². The molecule has 1 unspecified atom stereocenters. The largest absolute Gasteiger partial charge is 0.349 e. The highest BCUT2D eigenvalue weighted by Gasteiger charge is 2.32. The highest BCUT2D eigenvalue weighted by molar-refractivity contribution is 5.77. The molecule has 0 saturated heterocycles. The first-order chi connectivity index (χ1) is 13.3. The number of aromatic nitrogens is 4. The Labute approximate surface area is 163 Å². The van der Waals surface area contributed by atoms with Gasteiger partial charge in [0.25, 0.3) is 5.56 Å². The number of carbonyl (C=O) groups is 1. The minimum absolute atomic E-state index is 0.0308. The van der Waals surface area contributed by atoms with E-state index < -0.39 is 0 Å². The van der Waals surface area contributed by atoms with E-state index >= 15 is 0 Å². The van der Waals surface area contributed by atoms with Crippen molar-refractivity contribution < 1.29 is 4.79 Å². The van der Waals surface area contributed by atoms with Crippen LogP contribution in [0.2, 0.25) is 0 Å². The molecule has 0 bridgehead atoms. The average Bonchev–Trinajstić information content (AvgIpc) is 3.04. The fourth-order valence-corrected chi connectivity index (χ4v) is 4.06. The number of aromatic amines is 1. The van der Waals surface area contributed by atoms with Crippen molar-refractivity contribution in [3.05, 3.63) is 57.8 Å². The van der Waals surface area contributed by atoms with Crippen LogP contribution in [0.4, 0.5) is 0 Å². The zero-order valence-corrected chi connectivity index (χ0v) is 16.5. The van der Waals surface area contributed by atoms with Gasteiger partial charge in [-0.05, 0) is 29.4 Å². The van der Waals surface area contributed by atoms with Crippen LogP contribution in [-0.4, -0.2) is 25.7 Å².